The van der Waals surface area contributed by atoms with Crippen molar-refractivity contribution in [2.75, 3.05) is 19.6 Å². The summed E-state index contributed by atoms with van der Waals surface area (Å²) in [6, 6.07) is 12.2. The highest BCUT2D eigenvalue weighted by Gasteiger charge is 2.44. The largest absolute Gasteiger partial charge is 0.366 e. The Bertz CT molecular complexity index is 1520. The zero-order chi connectivity index (χ0) is 28.4. The summed E-state index contributed by atoms with van der Waals surface area (Å²) in [5, 5.41) is 19.4. The van der Waals surface area contributed by atoms with E-state index in [1.54, 1.807) is 29.2 Å². The molecule has 1 unspecified atom stereocenters. The minimum Gasteiger partial charge on any atom is -0.366 e. The fourth-order valence-electron chi connectivity index (χ4n) is 6.04. The number of nitrogens with one attached hydrogen (secondary N) is 3. The molecular weight excluding hydrogens is 512 g/mol. The Hall–Kier alpha value is -4.76. The molecule has 0 spiro atoms. The van der Waals surface area contributed by atoms with Gasteiger partial charge in [0.15, 0.2) is 0 Å². The average molecular weight is 543 g/mol. The minimum absolute atomic E-state index is 0.0479. The number of primary amides is 2. The van der Waals surface area contributed by atoms with Crippen molar-refractivity contribution >= 4 is 17.7 Å². The number of benzene rings is 2. The maximum atomic E-state index is 12.8. The molecular formula is C28H30N8O4. The Kier molecular flexibility index (Phi) is 7.23. The summed E-state index contributed by atoms with van der Waals surface area (Å²) < 4.78 is 0. The summed E-state index contributed by atoms with van der Waals surface area (Å²) in [6.07, 6.45) is 2.92. The Labute approximate surface area is 229 Å². The van der Waals surface area contributed by atoms with Crippen LogP contribution in [0.15, 0.2) is 41.2 Å². The number of aromatic nitrogens is 3. The molecule has 0 radical (unpaired) electrons. The van der Waals surface area contributed by atoms with Crippen LogP contribution in [0.1, 0.15) is 68.1 Å². The molecule has 3 amide bonds. The van der Waals surface area contributed by atoms with Gasteiger partial charge in [-0.3, -0.25) is 19.4 Å². The molecule has 1 aliphatic heterocycles. The van der Waals surface area contributed by atoms with E-state index in [1.165, 1.54) is 0 Å². The number of fused-ring (bicyclic) bond motifs is 2. The Morgan fingerprint density at radius 1 is 1.07 bits per heavy atom. The van der Waals surface area contributed by atoms with Gasteiger partial charge in [0.1, 0.15) is 11.9 Å². The van der Waals surface area contributed by atoms with Crippen LogP contribution in [0.4, 0.5) is 0 Å². The fraction of sp³-hybridized carbons (Fsp3) is 0.357. The number of aromatic amines is 2. The van der Waals surface area contributed by atoms with E-state index >= 15 is 0 Å². The minimum atomic E-state index is -1.01. The Morgan fingerprint density at radius 3 is 2.23 bits per heavy atom. The van der Waals surface area contributed by atoms with E-state index in [9.17, 15) is 24.4 Å². The van der Waals surface area contributed by atoms with Crippen LogP contribution >= 0.6 is 0 Å². The third kappa shape index (κ3) is 4.76. The van der Waals surface area contributed by atoms with Gasteiger partial charge >= 0.3 is 5.69 Å². The molecule has 12 heteroatoms. The molecule has 1 atom stereocenters. The normalized spacial score (nSPS) is 17.4. The number of hydrogen-bond acceptors (Lipinski definition) is 7. The third-order valence-corrected chi connectivity index (χ3v) is 7.94. The first-order valence-corrected chi connectivity index (χ1v) is 13.2. The first-order valence-electron chi connectivity index (χ1n) is 13.2. The van der Waals surface area contributed by atoms with Crippen molar-refractivity contribution in [3.63, 3.8) is 0 Å². The lowest BCUT2D eigenvalue weighted by Gasteiger charge is -2.35. The van der Waals surface area contributed by atoms with Crippen LogP contribution < -0.4 is 22.5 Å². The fourth-order valence-corrected chi connectivity index (χ4v) is 6.04. The SMILES string of the molecule is N#CC1CCCN1C(=O)CNCCC1(c2n[nH]c(=O)[nH]2)c2ccc(C(N)=O)cc2CCc2cc(C(N)=O)ccc21. The second-order valence-corrected chi connectivity index (χ2v) is 10.2. The van der Waals surface area contributed by atoms with Crippen LogP contribution in [-0.2, 0) is 23.1 Å². The van der Waals surface area contributed by atoms with Crippen molar-refractivity contribution in [3.05, 3.63) is 86.1 Å². The van der Waals surface area contributed by atoms with Crippen LogP contribution in [-0.4, -0.2) is 63.5 Å². The van der Waals surface area contributed by atoms with Crippen molar-refractivity contribution in [2.24, 2.45) is 11.5 Å². The highest BCUT2D eigenvalue weighted by molar-refractivity contribution is 5.94. The van der Waals surface area contributed by atoms with Crippen LogP contribution in [0.25, 0.3) is 0 Å². The number of rotatable bonds is 8. The monoisotopic (exact) mass is 542 g/mol. The number of H-pyrrole nitrogens is 2. The molecule has 2 aromatic carbocycles. The average Bonchev–Trinajstić information content (AvgIpc) is 3.58. The summed E-state index contributed by atoms with van der Waals surface area (Å²) in [4.78, 5) is 53.6. The Balaban J connectivity index is 1.58. The van der Waals surface area contributed by atoms with E-state index in [-0.39, 0.29) is 12.5 Å². The first-order chi connectivity index (χ1) is 19.2. The van der Waals surface area contributed by atoms with Crippen LogP contribution in [0.2, 0.25) is 0 Å². The van der Waals surface area contributed by atoms with E-state index in [1.807, 2.05) is 12.1 Å². The maximum Gasteiger partial charge on any atom is 0.340 e. The molecule has 1 saturated heterocycles. The summed E-state index contributed by atoms with van der Waals surface area (Å²) >= 11 is 0. The van der Waals surface area contributed by atoms with Gasteiger partial charge in [0.2, 0.25) is 17.7 Å². The second-order valence-electron chi connectivity index (χ2n) is 10.2. The molecule has 2 aliphatic rings. The molecule has 1 aliphatic carbocycles. The summed E-state index contributed by atoms with van der Waals surface area (Å²) in [5.41, 5.74) is 13.7. The van der Waals surface area contributed by atoms with Gasteiger partial charge in [0.25, 0.3) is 0 Å². The standard InChI is InChI=1S/C28H30N8O4/c29-14-20-2-1-11-36(20)23(37)15-32-10-9-28(26-33-27(40)35-34-26)21-7-5-18(24(30)38)12-16(21)3-4-17-13-19(25(31)39)6-8-22(17)28/h5-8,12-13,20,32H,1-4,9-11,15H2,(H2,30,38)(H2,31,39)(H2,33,34,35,40). The molecule has 5 rings (SSSR count). The molecule has 1 fully saturated rings. The van der Waals surface area contributed by atoms with Crippen LogP contribution in [0, 0.1) is 11.3 Å². The molecule has 1 aromatic heterocycles. The lowest BCUT2D eigenvalue weighted by molar-refractivity contribution is -0.130. The van der Waals surface area contributed by atoms with Gasteiger partial charge in [0, 0.05) is 17.7 Å². The number of nitrogens with two attached hydrogens (primary N) is 2. The van der Waals surface area contributed by atoms with E-state index in [0.29, 0.717) is 55.7 Å². The van der Waals surface area contributed by atoms with Crippen molar-refractivity contribution < 1.29 is 14.4 Å². The Morgan fingerprint density at radius 2 is 1.70 bits per heavy atom. The highest BCUT2D eigenvalue weighted by atomic mass is 16.2. The lowest BCUT2D eigenvalue weighted by Crippen LogP contribution is -2.42. The van der Waals surface area contributed by atoms with Gasteiger partial charge in [-0.15, -0.1) is 0 Å². The number of carbonyl (C=O) groups excluding carboxylic acids is 3. The predicted molar refractivity (Wildman–Crippen MR) is 144 cm³/mol. The summed E-state index contributed by atoms with van der Waals surface area (Å²) in [6.45, 7) is 0.953. The zero-order valence-electron chi connectivity index (χ0n) is 21.8. The number of aryl methyl sites for hydroxylation is 2. The molecule has 40 heavy (non-hydrogen) atoms. The van der Waals surface area contributed by atoms with Gasteiger partial charge in [-0.1, -0.05) is 12.1 Å². The number of amides is 3. The third-order valence-electron chi connectivity index (χ3n) is 7.94. The van der Waals surface area contributed by atoms with Gasteiger partial charge in [0.05, 0.1) is 18.0 Å². The van der Waals surface area contributed by atoms with Crippen molar-refractivity contribution in [2.45, 2.75) is 43.6 Å². The van der Waals surface area contributed by atoms with Gasteiger partial charge in [-0.25, -0.2) is 9.89 Å². The predicted octanol–water partition coefficient (Wildman–Crippen LogP) is 0.223. The molecule has 12 nitrogen and oxygen atoms in total. The number of nitrogens with zero attached hydrogens (tertiary/aromatic N) is 3. The second kappa shape index (κ2) is 10.8. The molecule has 7 N–H and O–H groups in total. The van der Waals surface area contributed by atoms with E-state index in [2.05, 4.69) is 26.6 Å². The topological polar surface area (TPSA) is 204 Å². The van der Waals surface area contributed by atoms with Gasteiger partial charge < -0.3 is 21.7 Å². The zero-order valence-corrected chi connectivity index (χ0v) is 21.8. The van der Waals surface area contributed by atoms with E-state index in [0.717, 1.165) is 28.7 Å². The van der Waals surface area contributed by atoms with Crippen molar-refractivity contribution in [1.29, 1.82) is 5.26 Å². The molecule has 206 valence electrons. The smallest absolute Gasteiger partial charge is 0.340 e. The molecule has 0 saturated carbocycles. The number of hydrogen-bond donors (Lipinski definition) is 5. The van der Waals surface area contributed by atoms with Crippen LogP contribution in [0.3, 0.4) is 0 Å². The van der Waals surface area contributed by atoms with Crippen molar-refractivity contribution in [1.82, 2.24) is 25.4 Å². The lowest BCUT2D eigenvalue weighted by atomic mass is 9.69. The molecule has 2 heterocycles. The first kappa shape index (κ1) is 26.8. The number of likely N-dealkylation sites (tertiary alicyclic amines) is 1. The van der Waals surface area contributed by atoms with Gasteiger partial charge in [-0.2, -0.15) is 10.4 Å². The molecule has 0 bridgehead atoms. The van der Waals surface area contributed by atoms with Crippen molar-refractivity contribution in [3.8, 4) is 6.07 Å². The molecule has 3 aromatic rings. The number of carbonyl (C=O) groups is 3. The van der Waals surface area contributed by atoms with E-state index < -0.39 is 29.0 Å². The van der Waals surface area contributed by atoms with Crippen LogP contribution in [0.5, 0.6) is 0 Å². The van der Waals surface area contributed by atoms with E-state index in [4.69, 9.17) is 11.5 Å². The van der Waals surface area contributed by atoms with Gasteiger partial charge in [-0.05, 0) is 85.2 Å². The highest BCUT2D eigenvalue weighted by Crippen LogP contribution is 2.46. The number of nitriles is 1. The maximum absolute atomic E-state index is 12.8. The summed E-state index contributed by atoms with van der Waals surface area (Å²) in [7, 11) is 0. The summed E-state index contributed by atoms with van der Waals surface area (Å²) in [5.74, 6) is -0.905. The quantitative estimate of drug-likeness (QED) is 0.250.